The molecule has 0 unspecified atom stereocenters. The minimum absolute atomic E-state index is 0.536. The number of nitrogens with one attached hydrogen (secondary N) is 1. The van der Waals surface area contributed by atoms with E-state index in [2.05, 4.69) is 32.3 Å². The summed E-state index contributed by atoms with van der Waals surface area (Å²) in [5.74, 6) is 1.57. The van der Waals surface area contributed by atoms with Gasteiger partial charge in [0.2, 0.25) is 5.95 Å². The average Bonchev–Trinajstić information content (AvgIpc) is 3.18. The van der Waals surface area contributed by atoms with E-state index in [1.54, 1.807) is 18.5 Å². The van der Waals surface area contributed by atoms with Gasteiger partial charge in [-0.25, -0.2) is 9.97 Å². The fourth-order valence-corrected chi connectivity index (χ4v) is 3.89. The normalized spacial score (nSPS) is 22.4. The van der Waals surface area contributed by atoms with Crippen molar-refractivity contribution in [3.05, 3.63) is 48.3 Å². The Morgan fingerprint density at radius 2 is 1.87 bits per heavy atom. The smallest absolute Gasteiger partial charge is 0.225 e. The molecule has 1 aromatic heterocycles. The lowest BCUT2D eigenvalue weighted by Crippen LogP contribution is -2.43. The summed E-state index contributed by atoms with van der Waals surface area (Å²) in [5.41, 5.74) is 0.405. The van der Waals surface area contributed by atoms with E-state index in [0.29, 0.717) is 38.6 Å². The highest BCUT2D eigenvalue weighted by molar-refractivity contribution is 5.32. The number of rotatable bonds is 9. The van der Waals surface area contributed by atoms with Crippen molar-refractivity contribution in [3.63, 3.8) is 0 Å². The van der Waals surface area contributed by atoms with Crippen molar-refractivity contribution < 1.29 is 14.6 Å². The Balaban J connectivity index is 1.16. The molecule has 1 aromatic carbocycles. The molecule has 2 aliphatic rings. The molecule has 2 aliphatic heterocycles. The monoisotopic (exact) mass is 413 g/mol. The van der Waals surface area contributed by atoms with Crippen molar-refractivity contribution in [1.29, 1.82) is 0 Å². The van der Waals surface area contributed by atoms with Gasteiger partial charge in [-0.1, -0.05) is 12.1 Å². The lowest BCUT2D eigenvalue weighted by Gasteiger charge is -2.26. The van der Waals surface area contributed by atoms with Crippen LogP contribution in [0.4, 0.5) is 5.95 Å². The number of ether oxygens (including phenoxy) is 2. The fourth-order valence-electron chi connectivity index (χ4n) is 3.89. The second-order valence-corrected chi connectivity index (χ2v) is 7.99. The molecule has 8 nitrogen and oxygen atoms in total. The Labute approximate surface area is 177 Å². The first kappa shape index (κ1) is 21.0. The summed E-state index contributed by atoms with van der Waals surface area (Å²) < 4.78 is 11.2. The van der Waals surface area contributed by atoms with E-state index in [1.165, 1.54) is 5.56 Å². The van der Waals surface area contributed by atoms with Crippen LogP contribution in [0.5, 0.6) is 5.75 Å². The lowest BCUT2D eigenvalue weighted by atomic mass is 10.0. The Morgan fingerprint density at radius 1 is 1.10 bits per heavy atom. The molecule has 1 atom stereocenters. The Bertz CT molecular complexity index is 770. The molecular weight excluding hydrogens is 382 g/mol. The van der Waals surface area contributed by atoms with Crippen LogP contribution in [0.25, 0.3) is 0 Å². The Kier molecular flexibility index (Phi) is 7.11. The predicted octanol–water partition coefficient (Wildman–Crippen LogP) is 0.919. The molecule has 0 aliphatic carbocycles. The van der Waals surface area contributed by atoms with Crippen molar-refractivity contribution >= 4 is 5.95 Å². The van der Waals surface area contributed by atoms with Crippen molar-refractivity contribution in [2.75, 3.05) is 64.0 Å². The summed E-state index contributed by atoms with van der Waals surface area (Å²) in [6, 6.07) is 9.96. The number of β-amino-alcohol motifs (C(OH)–C–C–N with tert-alkyl or cyclic N) is 1. The van der Waals surface area contributed by atoms with E-state index >= 15 is 0 Å². The first-order chi connectivity index (χ1) is 14.7. The van der Waals surface area contributed by atoms with Gasteiger partial charge in [0, 0.05) is 51.7 Å². The van der Waals surface area contributed by atoms with Crippen molar-refractivity contribution in [1.82, 2.24) is 20.2 Å². The highest BCUT2D eigenvalue weighted by Gasteiger charge is 2.36. The number of hydrogen-bond donors (Lipinski definition) is 2. The van der Waals surface area contributed by atoms with Gasteiger partial charge in [0.15, 0.2) is 0 Å². The van der Waals surface area contributed by atoms with Gasteiger partial charge < -0.3 is 24.8 Å². The van der Waals surface area contributed by atoms with Crippen molar-refractivity contribution in [3.8, 4) is 5.75 Å². The van der Waals surface area contributed by atoms with Gasteiger partial charge >= 0.3 is 0 Å². The first-order valence-corrected chi connectivity index (χ1v) is 10.7. The van der Waals surface area contributed by atoms with Crippen LogP contribution in [-0.4, -0.2) is 84.7 Å². The maximum Gasteiger partial charge on any atom is 0.225 e. The topological polar surface area (TPSA) is 83.0 Å². The third-order valence-corrected chi connectivity index (χ3v) is 5.65. The fraction of sp³-hybridized carbons (Fsp3) is 0.545. The zero-order chi connectivity index (χ0) is 20.7. The number of aliphatic hydroxyl groups is 1. The summed E-state index contributed by atoms with van der Waals surface area (Å²) in [6.45, 7) is 7.75. The molecule has 0 radical (unpaired) electrons. The summed E-state index contributed by atoms with van der Waals surface area (Å²) in [4.78, 5) is 12.9. The molecule has 3 heterocycles. The molecule has 162 valence electrons. The average molecular weight is 414 g/mol. The van der Waals surface area contributed by atoms with E-state index < -0.39 is 5.60 Å². The SMILES string of the molecule is O[C@]1(CNCc2ccc(OCCN3CCOCC3)cc2)CCN(c2ncccn2)C1. The highest BCUT2D eigenvalue weighted by atomic mass is 16.5. The number of aromatic nitrogens is 2. The number of hydrogen-bond acceptors (Lipinski definition) is 8. The lowest BCUT2D eigenvalue weighted by molar-refractivity contribution is 0.0322. The quantitative estimate of drug-likeness (QED) is 0.628. The zero-order valence-electron chi connectivity index (χ0n) is 17.4. The molecule has 8 heteroatoms. The van der Waals surface area contributed by atoms with Crippen LogP contribution in [0.1, 0.15) is 12.0 Å². The molecule has 2 N–H and O–H groups in total. The number of anilines is 1. The van der Waals surface area contributed by atoms with Gasteiger partial charge in [0.05, 0.1) is 25.4 Å². The molecule has 2 aromatic rings. The maximum atomic E-state index is 10.9. The summed E-state index contributed by atoms with van der Waals surface area (Å²) in [5, 5.41) is 14.2. The van der Waals surface area contributed by atoms with Crippen LogP contribution < -0.4 is 15.0 Å². The van der Waals surface area contributed by atoms with E-state index in [0.717, 1.165) is 45.1 Å². The minimum Gasteiger partial charge on any atom is -0.492 e. The number of nitrogens with zero attached hydrogens (tertiary/aromatic N) is 4. The largest absolute Gasteiger partial charge is 0.492 e. The molecule has 2 fully saturated rings. The summed E-state index contributed by atoms with van der Waals surface area (Å²) >= 11 is 0. The third-order valence-electron chi connectivity index (χ3n) is 5.65. The van der Waals surface area contributed by atoms with Crippen LogP contribution in [0.3, 0.4) is 0 Å². The van der Waals surface area contributed by atoms with Crippen molar-refractivity contribution in [2.45, 2.75) is 18.6 Å². The third kappa shape index (κ3) is 5.89. The summed E-state index contributed by atoms with van der Waals surface area (Å²) in [7, 11) is 0. The van der Waals surface area contributed by atoms with Crippen LogP contribution in [0.15, 0.2) is 42.7 Å². The van der Waals surface area contributed by atoms with E-state index in [4.69, 9.17) is 9.47 Å². The van der Waals surface area contributed by atoms with E-state index in [9.17, 15) is 5.11 Å². The molecule has 0 spiro atoms. The zero-order valence-corrected chi connectivity index (χ0v) is 17.4. The number of benzene rings is 1. The Morgan fingerprint density at radius 3 is 2.63 bits per heavy atom. The molecule has 2 saturated heterocycles. The molecule has 0 saturated carbocycles. The van der Waals surface area contributed by atoms with E-state index in [1.807, 2.05) is 17.0 Å². The van der Waals surface area contributed by atoms with Crippen LogP contribution >= 0.6 is 0 Å². The Hall–Kier alpha value is -2.26. The van der Waals surface area contributed by atoms with Gasteiger partial charge in [-0.3, -0.25) is 4.90 Å². The van der Waals surface area contributed by atoms with Crippen LogP contribution in [0.2, 0.25) is 0 Å². The molecule has 30 heavy (non-hydrogen) atoms. The van der Waals surface area contributed by atoms with Crippen molar-refractivity contribution in [2.24, 2.45) is 0 Å². The maximum absolute atomic E-state index is 10.9. The van der Waals surface area contributed by atoms with Gasteiger partial charge in [0.1, 0.15) is 12.4 Å². The van der Waals surface area contributed by atoms with Crippen LogP contribution in [-0.2, 0) is 11.3 Å². The second kappa shape index (κ2) is 10.2. The van der Waals surface area contributed by atoms with Crippen LogP contribution in [0, 0.1) is 0 Å². The standard InChI is InChI=1S/C22H31N5O3/c28-22(6-9-27(18-22)21-24-7-1-8-25-21)17-23-16-19-2-4-20(5-3-19)30-15-12-26-10-13-29-14-11-26/h1-5,7-8,23,28H,6,9-18H2/t22-/m0/s1. The van der Waals surface area contributed by atoms with Gasteiger partial charge in [-0.2, -0.15) is 0 Å². The molecular formula is C22H31N5O3. The van der Waals surface area contributed by atoms with Gasteiger partial charge in [-0.15, -0.1) is 0 Å². The molecule has 0 bridgehead atoms. The number of morpholine rings is 1. The highest BCUT2D eigenvalue weighted by Crippen LogP contribution is 2.23. The van der Waals surface area contributed by atoms with Gasteiger partial charge in [-0.05, 0) is 30.2 Å². The molecule has 0 amide bonds. The first-order valence-electron chi connectivity index (χ1n) is 10.7. The predicted molar refractivity (Wildman–Crippen MR) is 115 cm³/mol. The van der Waals surface area contributed by atoms with Gasteiger partial charge in [0.25, 0.3) is 0 Å². The minimum atomic E-state index is -0.762. The van der Waals surface area contributed by atoms with E-state index in [-0.39, 0.29) is 0 Å². The second-order valence-electron chi connectivity index (χ2n) is 7.99. The molecule has 4 rings (SSSR count). The summed E-state index contributed by atoms with van der Waals surface area (Å²) in [6.07, 6.45) is 4.16.